The Balaban J connectivity index is 1.25. The molecule has 2 aliphatic rings. The summed E-state index contributed by atoms with van der Waals surface area (Å²) in [7, 11) is 1.62. The van der Waals surface area contributed by atoms with Crippen LogP contribution in [-0.4, -0.2) is 56.4 Å². The van der Waals surface area contributed by atoms with Crippen LogP contribution in [0.25, 0.3) is 0 Å². The first-order valence-corrected chi connectivity index (χ1v) is 11.6. The summed E-state index contributed by atoms with van der Waals surface area (Å²) < 4.78 is 5.17. The zero-order chi connectivity index (χ0) is 22.5. The normalized spacial score (nSPS) is 17.4. The lowest BCUT2D eigenvalue weighted by Crippen LogP contribution is -2.40. The van der Waals surface area contributed by atoms with Gasteiger partial charge in [-0.2, -0.15) is 0 Å². The van der Waals surface area contributed by atoms with Crippen molar-refractivity contribution in [3.8, 4) is 5.75 Å². The molecule has 2 aromatic rings. The minimum absolute atomic E-state index is 0.00181. The SMILES string of the molecule is COc1ccc(C(=O)C2CCN(CC(=O)Nc3ccc(N4CCCC4)cc3C)CC2)cc1. The van der Waals surface area contributed by atoms with Crippen molar-refractivity contribution >= 4 is 23.1 Å². The Morgan fingerprint density at radius 2 is 1.69 bits per heavy atom. The highest BCUT2D eigenvalue weighted by atomic mass is 16.5. The average molecular weight is 436 g/mol. The summed E-state index contributed by atoms with van der Waals surface area (Å²) >= 11 is 0. The van der Waals surface area contributed by atoms with Crippen LogP contribution in [0.3, 0.4) is 0 Å². The molecule has 2 aromatic carbocycles. The molecule has 2 saturated heterocycles. The number of ketones is 1. The summed E-state index contributed by atoms with van der Waals surface area (Å²) in [6, 6.07) is 13.6. The number of hydrogen-bond donors (Lipinski definition) is 1. The molecular formula is C26H33N3O3. The lowest BCUT2D eigenvalue weighted by Gasteiger charge is -2.30. The van der Waals surface area contributed by atoms with Gasteiger partial charge in [-0.3, -0.25) is 14.5 Å². The van der Waals surface area contributed by atoms with Gasteiger partial charge in [0.1, 0.15) is 5.75 Å². The fourth-order valence-corrected chi connectivity index (χ4v) is 4.70. The largest absolute Gasteiger partial charge is 0.497 e. The van der Waals surface area contributed by atoms with Crippen molar-refractivity contribution in [1.29, 1.82) is 0 Å². The van der Waals surface area contributed by atoms with Crippen molar-refractivity contribution in [3.05, 3.63) is 53.6 Å². The van der Waals surface area contributed by atoms with Gasteiger partial charge in [0.25, 0.3) is 0 Å². The second-order valence-electron chi connectivity index (χ2n) is 8.88. The molecule has 170 valence electrons. The number of rotatable bonds is 7. The van der Waals surface area contributed by atoms with Gasteiger partial charge < -0.3 is 15.0 Å². The molecule has 0 unspecified atom stereocenters. The smallest absolute Gasteiger partial charge is 0.238 e. The third-order valence-corrected chi connectivity index (χ3v) is 6.66. The Hall–Kier alpha value is -2.86. The van der Waals surface area contributed by atoms with Gasteiger partial charge >= 0.3 is 0 Å². The number of ether oxygens (including phenoxy) is 1. The monoisotopic (exact) mass is 435 g/mol. The van der Waals surface area contributed by atoms with E-state index in [0.717, 1.165) is 61.6 Å². The Morgan fingerprint density at radius 3 is 2.31 bits per heavy atom. The summed E-state index contributed by atoms with van der Waals surface area (Å²) in [6.07, 6.45) is 4.06. The van der Waals surface area contributed by atoms with Gasteiger partial charge in [-0.05, 0) is 93.7 Å². The molecule has 32 heavy (non-hydrogen) atoms. The summed E-state index contributed by atoms with van der Waals surface area (Å²) in [5, 5.41) is 3.07. The first-order valence-electron chi connectivity index (χ1n) is 11.6. The number of nitrogens with zero attached hydrogens (tertiary/aromatic N) is 2. The molecule has 0 atom stereocenters. The molecule has 6 heteroatoms. The van der Waals surface area contributed by atoms with E-state index in [0.29, 0.717) is 6.54 Å². The van der Waals surface area contributed by atoms with Crippen LogP contribution >= 0.6 is 0 Å². The highest BCUT2D eigenvalue weighted by Crippen LogP contribution is 2.26. The van der Waals surface area contributed by atoms with Gasteiger partial charge in [0.15, 0.2) is 5.78 Å². The van der Waals surface area contributed by atoms with Crippen molar-refractivity contribution in [3.63, 3.8) is 0 Å². The topological polar surface area (TPSA) is 61.9 Å². The van der Waals surface area contributed by atoms with E-state index >= 15 is 0 Å². The van der Waals surface area contributed by atoms with Crippen LogP contribution in [0.1, 0.15) is 41.6 Å². The number of nitrogens with one attached hydrogen (secondary N) is 1. The van der Waals surface area contributed by atoms with Crippen LogP contribution in [-0.2, 0) is 4.79 Å². The second-order valence-corrected chi connectivity index (χ2v) is 8.88. The number of anilines is 2. The maximum absolute atomic E-state index is 12.8. The lowest BCUT2D eigenvalue weighted by molar-refractivity contribution is -0.117. The number of amides is 1. The lowest BCUT2D eigenvalue weighted by atomic mass is 9.89. The van der Waals surface area contributed by atoms with Crippen LogP contribution < -0.4 is 15.0 Å². The van der Waals surface area contributed by atoms with Crippen LogP contribution in [0.15, 0.2) is 42.5 Å². The molecule has 2 heterocycles. The Labute approximate surface area is 190 Å². The Kier molecular flexibility index (Phi) is 7.10. The molecule has 6 nitrogen and oxygen atoms in total. The number of carbonyl (C=O) groups is 2. The average Bonchev–Trinajstić information content (AvgIpc) is 3.35. The summed E-state index contributed by atoms with van der Waals surface area (Å²) in [4.78, 5) is 30.0. The van der Waals surface area contributed by atoms with Crippen LogP contribution in [0.5, 0.6) is 5.75 Å². The Bertz CT molecular complexity index is 943. The number of likely N-dealkylation sites (tertiary alicyclic amines) is 1. The minimum atomic E-state index is 0.00181. The number of benzene rings is 2. The van der Waals surface area contributed by atoms with Gasteiger partial charge in [0.2, 0.25) is 5.91 Å². The molecule has 2 fully saturated rings. The van der Waals surface area contributed by atoms with Gasteiger partial charge in [0.05, 0.1) is 13.7 Å². The van der Waals surface area contributed by atoms with E-state index in [1.807, 2.05) is 37.3 Å². The van der Waals surface area contributed by atoms with E-state index < -0.39 is 0 Å². The van der Waals surface area contributed by atoms with E-state index in [-0.39, 0.29) is 17.6 Å². The Morgan fingerprint density at radius 1 is 1.00 bits per heavy atom. The molecule has 0 aliphatic carbocycles. The van der Waals surface area contributed by atoms with E-state index in [4.69, 9.17) is 4.74 Å². The zero-order valence-corrected chi connectivity index (χ0v) is 19.1. The molecule has 0 saturated carbocycles. The molecule has 0 aromatic heterocycles. The van der Waals surface area contributed by atoms with Gasteiger partial charge in [-0.25, -0.2) is 0 Å². The van der Waals surface area contributed by atoms with Crippen molar-refractivity contribution in [2.75, 3.05) is 50.1 Å². The standard InChI is InChI=1S/C26H33N3O3/c1-19-17-22(29-13-3-4-14-29)7-10-24(19)27-25(30)18-28-15-11-21(12-16-28)26(31)20-5-8-23(32-2)9-6-20/h5-10,17,21H,3-4,11-16,18H2,1-2H3,(H,27,30). The highest BCUT2D eigenvalue weighted by Gasteiger charge is 2.26. The number of hydrogen-bond acceptors (Lipinski definition) is 5. The fourth-order valence-electron chi connectivity index (χ4n) is 4.70. The summed E-state index contributed by atoms with van der Waals surface area (Å²) in [5.41, 5.74) is 3.94. The molecule has 4 rings (SSSR count). The van der Waals surface area contributed by atoms with E-state index in [9.17, 15) is 9.59 Å². The van der Waals surface area contributed by atoms with E-state index in [1.54, 1.807) is 7.11 Å². The number of aryl methyl sites for hydroxylation is 1. The quantitative estimate of drug-likeness (QED) is 0.663. The molecule has 2 aliphatic heterocycles. The third-order valence-electron chi connectivity index (χ3n) is 6.66. The molecule has 0 radical (unpaired) electrons. The van der Waals surface area contributed by atoms with Gasteiger partial charge in [0, 0.05) is 35.9 Å². The van der Waals surface area contributed by atoms with Crippen LogP contribution in [0.4, 0.5) is 11.4 Å². The molecule has 0 bridgehead atoms. The van der Waals surface area contributed by atoms with Crippen LogP contribution in [0, 0.1) is 12.8 Å². The number of carbonyl (C=O) groups excluding carboxylic acids is 2. The second kappa shape index (κ2) is 10.2. The van der Waals surface area contributed by atoms with Gasteiger partial charge in [-0.1, -0.05) is 0 Å². The van der Waals surface area contributed by atoms with E-state index in [2.05, 4.69) is 27.2 Å². The van der Waals surface area contributed by atoms with Crippen molar-refractivity contribution in [2.24, 2.45) is 5.92 Å². The predicted octanol–water partition coefficient (Wildman–Crippen LogP) is 4.14. The number of methoxy groups -OCH3 is 1. The third kappa shape index (κ3) is 5.30. The first kappa shape index (κ1) is 22.3. The number of piperidine rings is 1. The van der Waals surface area contributed by atoms with Crippen LogP contribution in [0.2, 0.25) is 0 Å². The van der Waals surface area contributed by atoms with Crippen molar-refractivity contribution in [1.82, 2.24) is 4.90 Å². The molecule has 1 amide bonds. The number of Topliss-reactive ketones (excluding diaryl/α,β-unsaturated/α-hetero) is 1. The summed E-state index contributed by atoms with van der Waals surface area (Å²) in [5.74, 6) is 0.957. The molecular weight excluding hydrogens is 402 g/mol. The maximum Gasteiger partial charge on any atom is 0.238 e. The van der Waals surface area contributed by atoms with Crippen molar-refractivity contribution < 1.29 is 14.3 Å². The van der Waals surface area contributed by atoms with Crippen molar-refractivity contribution in [2.45, 2.75) is 32.6 Å². The minimum Gasteiger partial charge on any atom is -0.497 e. The fraction of sp³-hybridized carbons (Fsp3) is 0.462. The molecule has 0 spiro atoms. The molecule has 1 N–H and O–H groups in total. The summed E-state index contributed by atoms with van der Waals surface area (Å²) in [6.45, 7) is 6.14. The van der Waals surface area contributed by atoms with Gasteiger partial charge in [-0.15, -0.1) is 0 Å². The highest BCUT2D eigenvalue weighted by molar-refractivity contribution is 5.98. The predicted molar refractivity (Wildman–Crippen MR) is 128 cm³/mol. The van der Waals surface area contributed by atoms with E-state index in [1.165, 1.54) is 18.5 Å². The zero-order valence-electron chi connectivity index (χ0n) is 19.1. The maximum atomic E-state index is 12.8. The first-order chi connectivity index (χ1) is 15.5.